The van der Waals surface area contributed by atoms with Crippen molar-refractivity contribution >= 4 is 34.7 Å². The first-order chi connectivity index (χ1) is 15.5. The van der Waals surface area contributed by atoms with Crippen LogP contribution in [0.25, 0.3) is 0 Å². The van der Waals surface area contributed by atoms with Crippen LogP contribution in [0.1, 0.15) is 59.0 Å². The minimum Gasteiger partial charge on any atom is -0.342 e. The molecule has 4 rings (SSSR count). The van der Waals surface area contributed by atoms with Gasteiger partial charge in [0.15, 0.2) is 0 Å². The Bertz CT molecular complexity index is 1020. The van der Waals surface area contributed by atoms with E-state index < -0.39 is 0 Å². The van der Waals surface area contributed by atoms with Crippen LogP contribution in [0.15, 0.2) is 29.6 Å². The normalized spacial score (nSPS) is 18.2. The molecule has 3 amide bonds. The molecule has 2 aliphatic rings. The number of benzene rings is 1. The van der Waals surface area contributed by atoms with Crippen molar-refractivity contribution in [3.05, 3.63) is 51.2 Å². The van der Waals surface area contributed by atoms with Gasteiger partial charge in [-0.15, -0.1) is 11.3 Å². The van der Waals surface area contributed by atoms with Gasteiger partial charge in [-0.25, -0.2) is 0 Å². The van der Waals surface area contributed by atoms with Gasteiger partial charge in [0.25, 0.3) is 5.91 Å². The lowest BCUT2D eigenvalue weighted by Gasteiger charge is -2.32. The smallest absolute Gasteiger partial charge is 0.254 e. The summed E-state index contributed by atoms with van der Waals surface area (Å²) in [7, 11) is 0. The molecule has 0 aliphatic carbocycles. The Morgan fingerprint density at radius 3 is 2.81 bits per heavy atom. The Morgan fingerprint density at radius 1 is 1.16 bits per heavy atom. The van der Waals surface area contributed by atoms with Gasteiger partial charge in [-0.1, -0.05) is 13.0 Å². The van der Waals surface area contributed by atoms with Crippen LogP contribution in [0.4, 0.5) is 5.69 Å². The van der Waals surface area contributed by atoms with Crippen molar-refractivity contribution in [2.24, 2.45) is 5.92 Å². The Balaban J connectivity index is 1.44. The second-order valence-electron chi connectivity index (χ2n) is 8.74. The molecule has 1 fully saturated rings. The number of carbonyl (C=O) groups excluding carboxylic acids is 3. The summed E-state index contributed by atoms with van der Waals surface area (Å²) in [4.78, 5) is 43.6. The van der Waals surface area contributed by atoms with E-state index in [4.69, 9.17) is 0 Å². The van der Waals surface area contributed by atoms with E-state index in [1.54, 1.807) is 11.3 Å². The largest absolute Gasteiger partial charge is 0.342 e. The third-order valence-electron chi connectivity index (χ3n) is 6.53. The number of likely N-dealkylation sites (tertiary alicyclic amines) is 1. The van der Waals surface area contributed by atoms with Gasteiger partial charge in [-0.05, 0) is 67.3 Å². The maximum absolute atomic E-state index is 13.2. The SMILES string of the molecule is CCCC(=O)N1CCCC(C(=O)Nc2cccc(C(=O)N3CCc4sccc4C3)c2C)C1. The van der Waals surface area contributed by atoms with E-state index in [0.29, 0.717) is 37.3 Å². The van der Waals surface area contributed by atoms with Crippen molar-refractivity contribution < 1.29 is 14.4 Å². The lowest BCUT2D eigenvalue weighted by atomic mass is 9.96. The molecule has 32 heavy (non-hydrogen) atoms. The summed E-state index contributed by atoms with van der Waals surface area (Å²) in [5, 5.41) is 5.12. The van der Waals surface area contributed by atoms with E-state index in [-0.39, 0.29) is 23.6 Å². The van der Waals surface area contributed by atoms with Crippen LogP contribution >= 0.6 is 11.3 Å². The monoisotopic (exact) mass is 453 g/mol. The second kappa shape index (κ2) is 9.86. The Kier molecular flexibility index (Phi) is 6.94. The number of hydrogen-bond acceptors (Lipinski definition) is 4. The second-order valence-corrected chi connectivity index (χ2v) is 9.74. The summed E-state index contributed by atoms with van der Waals surface area (Å²) in [6.45, 7) is 6.43. The highest BCUT2D eigenvalue weighted by Gasteiger charge is 2.29. The van der Waals surface area contributed by atoms with Crippen molar-refractivity contribution in [1.82, 2.24) is 9.80 Å². The zero-order valence-electron chi connectivity index (χ0n) is 18.9. The molecular weight excluding hydrogens is 422 g/mol. The molecule has 7 heteroatoms. The molecule has 1 aromatic heterocycles. The number of nitrogens with one attached hydrogen (secondary N) is 1. The quantitative estimate of drug-likeness (QED) is 0.737. The lowest BCUT2D eigenvalue weighted by Crippen LogP contribution is -2.43. The van der Waals surface area contributed by atoms with Gasteiger partial charge in [0, 0.05) is 48.7 Å². The number of piperidine rings is 1. The molecule has 1 unspecified atom stereocenters. The predicted molar refractivity (Wildman–Crippen MR) is 127 cm³/mol. The highest BCUT2D eigenvalue weighted by atomic mass is 32.1. The topological polar surface area (TPSA) is 69.7 Å². The maximum atomic E-state index is 13.2. The van der Waals surface area contributed by atoms with E-state index in [9.17, 15) is 14.4 Å². The number of anilines is 1. The lowest BCUT2D eigenvalue weighted by molar-refractivity contribution is -0.134. The first-order valence-electron chi connectivity index (χ1n) is 11.5. The third-order valence-corrected chi connectivity index (χ3v) is 7.55. The van der Waals surface area contributed by atoms with Crippen LogP contribution in [-0.4, -0.2) is 47.2 Å². The molecule has 0 spiro atoms. The minimum atomic E-state index is -0.220. The molecule has 2 aromatic rings. The average Bonchev–Trinajstić information content (AvgIpc) is 3.28. The highest BCUT2D eigenvalue weighted by molar-refractivity contribution is 7.10. The van der Waals surface area contributed by atoms with Crippen LogP contribution < -0.4 is 5.32 Å². The summed E-state index contributed by atoms with van der Waals surface area (Å²) < 4.78 is 0. The predicted octanol–water partition coefficient (Wildman–Crippen LogP) is 4.23. The van der Waals surface area contributed by atoms with Gasteiger partial charge in [0.05, 0.1) is 5.92 Å². The number of thiophene rings is 1. The average molecular weight is 454 g/mol. The molecule has 3 heterocycles. The first-order valence-corrected chi connectivity index (χ1v) is 12.4. The molecule has 1 saturated heterocycles. The summed E-state index contributed by atoms with van der Waals surface area (Å²) in [5.41, 5.74) is 3.32. The first kappa shape index (κ1) is 22.5. The molecule has 0 bridgehead atoms. The van der Waals surface area contributed by atoms with E-state index in [1.807, 2.05) is 41.8 Å². The van der Waals surface area contributed by atoms with Crippen molar-refractivity contribution in [1.29, 1.82) is 0 Å². The standard InChI is InChI=1S/C25H31N3O3S/c1-3-6-23(29)27-12-5-7-19(16-27)24(30)26-21-9-4-8-20(17(21)2)25(31)28-13-10-22-18(15-28)11-14-32-22/h4,8-9,11,14,19H,3,5-7,10,12-13,15-16H2,1-2H3,(H,26,30). The summed E-state index contributed by atoms with van der Waals surface area (Å²) >= 11 is 1.76. The summed E-state index contributed by atoms with van der Waals surface area (Å²) in [6.07, 6.45) is 3.85. The Hall–Kier alpha value is -2.67. The fourth-order valence-electron chi connectivity index (χ4n) is 4.62. The molecule has 1 atom stereocenters. The van der Waals surface area contributed by atoms with E-state index in [0.717, 1.165) is 37.8 Å². The molecule has 1 aromatic carbocycles. The molecule has 1 N–H and O–H groups in total. The van der Waals surface area contributed by atoms with Crippen molar-refractivity contribution in [2.45, 2.75) is 52.5 Å². The number of fused-ring (bicyclic) bond motifs is 1. The van der Waals surface area contributed by atoms with Crippen LogP contribution in [0.2, 0.25) is 0 Å². The third kappa shape index (κ3) is 4.72. The van der Waals surface area contributed by atoms with Crippen molar-refractivity contribution in [2.75, 3.05) is 25.0 Å². The van der Waals surface area contributed by atoms with Crippen LogP contribution in [0.5, 0.6) is 0 Å². The highest BCUT2D eigenvalue weighted by Crippen LogP contribution is 2.28. The number of amides is 3. The molecule has 6 nitrogen and oxygen atoms in total. The Morgan fingerprint density at radius 2 is 2.00 bits per heavy atom. The molecule has 0 radical (unpaired) electrons. The van der Waals surface area contributed by atoms with Gasteiger partial charge in [0.2, 0.25) is 11.8 Å². The Labute approximate surface area is 193 Å². The van der Waals surface area contributed by atoms with Gasteiger partial charge >= 0.3 is 0 Å². The van der Waals surface area contributed by atoms with Gasteiger partial charge in [-0.2, -0.15) is 0 Å². The number of hydrogen-bond donors (Lipinski definition) is 1. The van der Waals surface area contributed by atoms with E-state index in [2.05, 4.69) is 16.8 Å². The fraction of sp³-hybridized carbons (Fsp3) is 0.480. The molecular formula is C25H31N3O3S. The fourth-order valence-corrected chi connectivity index (χ4v) is 5.51. The van der Waals surface area contributed by atoms with Gasteiger partial charge < -0.3 is 15.1 Å². The van der Waals surface area contributed by atoms with Crippen LogP contribution in [0, 0.1) is 12.8 Å². The zero-order chi connectivity index (χ0) is 22.7. The van der Waals surface area contributed by atoms with E-state index >= 15 is 0 Å². The number of carbonyl (C=O) groups is 3. The zero-order valence-corrected chi connectivity index (χ0v) is 19.7. The molecule has 2 aliphatic heterocycles. The van der Waals surface area contributed by atoms with Gasteiger partial charge in [0.1, 0.15) is 0 Å². The number of nitrogens with zero attached hydrogens (tertiary/aromatic N) is 2. The van der Waals surface area contributed by atoms with Gasteiger partial charge in [-0.3, -0.25) is 14.4 Å². The minimum absolute atomic E-state index is 0.00412. The van der Waals surface area contributed by atoms with E-state index in [1.165, 1.54) is 10.4 Å². The summed E-state index contributed by atoms with van der Waals surface area (Å²) in [6, 6.07) is 7.61. The molecule has 0 saturated carbocycles. The molecule has 170 valence electrons. The maximum Gasteiger partial charge on any atom is 0.254 e. The van der Waals surface area contributed by atoms with Crippen LogP contribution in [-0.2, 0) is 22.6 Å². The van der Waals surface area contributed by atoms with Crippen LogP contribution in [0.3, 0.4) is 0 Å². The number of rotatable bonds is 5. The van der Waals surface area contributed by atoms with Crippen molar-refractivity contribution in [3.8, 4) is 0 Å². The summed E-state index contributed by atoms with van der Waals surface area (Å²) in [5.74, 6) is -0.163. The van der Waals surface area contributed by atoms with Crippen molar-refractivity contribution in [3.63, 3.8) is 0 Å².